The van der Waals surface area contributed by atoms with E-state index in [-0.39, 0.29) is 17.9 Å². The molecular formula is C19H20ClNO4. The first-order valence-corrected chi connectivity index (χ1v) is 8.39. The largest absolute Gasteiger partial charge is 0.494 e. The highest BCUT2D eigenvalue weighted by Gasteiger charge is 2.05. The van der Waals surface area contributed by atoms with Crippen molar-refractivity contribution in [1.29, 1.82) is 0 Å². The number of ether oxygens (including phenoxy) is 1. The second-order valence-electron chi connectivity index (χ2n) is 5.54. The number of hydrogen-bond acceptors (Lipinski definition) is 3. The van der Waals surface area contributed by atoms with Crippen LogP contribution in [0.3, 0.4) is 0 Å². The standard InChI is InChI=1S/C19H20ClNO4/c20-16-7-9-17(10-8-16)25-12-2-1-11-21-18(22)13-14-3-5-15(6-4-14)19(23)24/h3-10H,1-2,11-13H2,(H,21,22)(H,23,24). The maximum absolute atomic E-state index is 11.8. The van der Waals surface area contributed by atoms with Gasteiger partial charge in [-0.05, 0) is 54.8 Å². The molecule has 6 heteroatoms. The molecule has 0 aliphatic rings. The summed E-state index contributed by atoms with van der Waals surface area (Å²) in [5, 5.41) is 12.4. The number of rotatable bonds is 9. The second kappa shape index (κ2) is 9.69. The third-order valence-electron chi connectivity index (χ3n) is 3.54. The summed E-state index contributed by atoms with van der Waals surface area (Å²) in [5.41, 5.74) is 0.999. The minimum Gasteiger partial charge on any atom is -0.494 e. The third kappa shape index (κ3) is 6.85. The smallest absolute Gasteiger partial charge is 0.335 e. The van der Waals surface area contributed by atoms with Crippen molar-refractivity contribution in [1.82, 2.24) is 5.32 Å². The van der Waals surface area contributed by atoms with E-state index in [1.807, 2.05) is 12.1 Å². The number of aromatic carboxylic acids is 1. The maximum atomic E-state index is 11.8. The van der Waals surface area contributed by atoms with Gasteiger partial charge in [0.1, 0.15) is 5.75 Å². The molecule has 2 aromatic rings. The number of carboxylic acid groups (broad SMARTS) is 1. The molecule has 2 N–H and O–H groups in total. The summed E-state index contributed by atoms with van der Waals surface area (Å²) in [6, 6.07) is 13.5. The minimum atomic E-state index is -0.975. The summed E-state index contributed by atoms with van der Waals surface area (Å²) in [6.07, 6.45) is 1.88. The lowest BCUT2D eigenvalue weighted by Crippen LogP contribution is -2.26. The monoisotopic (exact) mass is 361 g/mol. The molecular weight excluding hydrogens is 342 g/mol. The summed E-state index contributed by atoms with van der Waals surface area (Å²) in [7, 11) is 0. The van der Waals surface area contributed by atoms with Crippen molar-refractivity contribution in [2.24, 2.45) is 0 Å². The minimum absolute atomic E-state index is 0.0818. The van der Waals surface area contributed by atoms with E-state index in [2.05, 4.69) is 5.32 Å². The van der Waals surface area contributed by atoms with Crippen LogP contribution in [0.2, 0.25) is 5.02 Å². The Morgan fingerprint density at radius 1 is 1.00 bits per heavy atom. The molecule has 2 rings (SSSR count). The lowest BCUT2D eigenvalue weighted by molar-refractivity contribution is -0.120. The van der Waals surface area contributed by atoms with Gasteiger partial charge < -0.3 is 15.2 Å². The summed E-state index contributed by atoms with van der Waals surface area (Å²) < 4.78 is 5.57. The van der Waals surface area contributed by atoms with Gasteiger partial charge in [-0.3, -0.25) is 4.79 Å². The van der Waals surface area contributed by atoms with Crippen LogP contribution in [0.15, 0.2) is 48.5 Å². The van der Waals surface area contributed by atoms with Gasteiger partial charge in [-0.2, -0.15) is 0 Å². The van der Waals surface area contributed by atoms with Gasteiger partial charge in [0, 0.05) is 11.6 Å². The fraction of sp³-hybridized carbons (Fsp3) is 0.263. The Bertz CT molecular complexity index is 698. The van der Waals surface area contributed by atoms with E-state index in [0.717, 1.165) is 24.2 Å². The van der Waals surface area contributed by atoms with Crippen LogP contribution in [0.25, 0.3) is 0 Å². The maximum Gasteiger partial charge on any atom is 0.335 e. The topological polar surface area (TPSA) is 75.6 Å². The third-order valence-corrected chi connectivity index (χ3v) is 3.79. The van der Waals surface area contributed by atoms with Gasteiger partial charge in [0.25, 0.3) is 0 Å². The van der Waals surface area contributed by atoms with Crippen LogP contribution in [-0.4, -0.2) is 30.1 Å². The summed E-state index contributed by atoms with van der Waals surface area (Å²) in [5.74, 6) is -0.281. The number of nitrogens with one attached hydrogen (secondary N) is 1. The van der Waals surface area contributed by atoms with Crippen molar-refractivity contribution in [3.05, 3.63) is 64.7 Å². The highest BCUT2D eigenvalue weighted by atomic mass is 35.5. The molecule has 0 radical (unpaired) electrons. The van der Waals surface area contributed by atoms with E-state index in [1.165, 1.54) is 12.1 Å². The Hall–Kier alpha value is -2.53. The van der Waals surface area contributed by atoms with Gasteiger partial charge >= 0.3 is 5.97 Å². The van der Waals surface area contributed by atoms with Gasteiger partial charge in [0.05, 0.1) is 18.6 Å². The number of halogens is 1. The molecule has 0 aliphatic carbocycles. The Morgan fingerprint density at radius 2 is 1.68 bits per heavy atom. The lowest BCUT2D eigenvalue weighted by Gasteiger charge is -2.07. The van der Waals surface area contributed by atoms with Crippen LogP contribution in [0.1, 0.15) is 28.8 Å². The number of carboxylic acids is 1. The van der Waals surface area contributed by atoms with Crippen molar-refractivity contribution in [3.63, 3.8) is 0 Å². The van der Waals surface area contributed by atoms with Crippen LogP contribution in [0.5, 0.6) is 5.75 Å². The molecule has 0 atom stereocenters. The lowest BCUT2D eigenvalue weighted by atomic mass is 10.1. The number of hydrogen-bond donors (Lipinski definition) is 2. The summed E-state index contributed by atoms with van der Waals surface area (Å²) >= 11 is 5.80. The van der Waals surface area contributed by atoms with Gasteiger partial charge in [-0.25, -0.2) is 4.79 Å². The summed E-state index contributed by atoms with van der Waals surface area (Å²) in [6.45, 7) is 1.16. The Balaban J connectivity index is 1.59. The zero-order valence-electron chi connectivity index (χ0n) is 13.7. The molecule has 0 saturated carbocycles. The summed E-state index contributed by atoms with van der Waals surface area (Å²) in [4.78, 5) is 22.6. The molecule has 0 heterocycles. The van der Waals surface area contributed by atoms with Gasteiger partial charge in [0.15, 0.2) is 0 Å². The first-order chi connectivity index (χ1) is 12.0. The number of carbonyl (C=O) groups excluding carboxylic acids is 1. The molecule has 0 aliphatic heterocycles. The van der Waals surface area contributed by atoms with Crippen molar-refractivity contribution in [3.8, 4) is 5.75 Å². The van der Waals surface area contributed by atoms with E-state index in [1.54, 1.807) is 24.3 Å². The van der Waals surface area contributed by atoms with Crippen molar-refractivity contribution in [2.45, 2.75) is 19.3 Å². The average Bonchev–Trinajstić information content (AvgIpc) is 2.60. The molecule has 0 bridgehead atoms. The van der Waals surface area contributed by atoms with Crippen molar-refractivity contribution < 1.29 is 19.4 Å². The first-order valence-electron chi connectivity index (χ1n) is 8.02. The molecule has 0 fully saturated rings. The SMILES string of the molecule is O=C(Cc1ccc(C(=O)O)cc1)NCCCCOc1ccc(Cl)cc1. The quantitative estimate of drug-likeness (QED) is 0.670. The van der Waals surface area contributed by atoms with Gasteiger partial charge in [-0.15, -0.1) is 0 Å². The number of amides is 1. The van der Waals surface area contributed by atoms with Crippen LogP contribution >= 0.6 is 11.6 Å². The zero-order valence-corrected chi connectivity index (χ0v) is 14.5. The molecule has 5 nitrogen and oxygen atoms in total. The van der Waals surface area contributed by atoms with E-state index in [4.69, 9.17) is 21.4 Å². The Morgan fingerprint density at radius 3 is 2.32 bits per heavy atom. The van der Waals surface area contributed by atoms with E-state index < -0.39 is 5.97 Å². The number of benzene rings is 2. The van der Waals surface area contributed by atoms with Crippen molar-refractivity contribution in [2.75, 3.05) is 13.2 Å². The van der Waals surface area contributed by atoms with Gasteiger partial charge in [-0.1, -0.05) is 23.7 Å². The van der Waals surface area contributed by atoms with Crippen LogP contribution in [0, 0.1) is 0 Å². The molecule has 0 saturated heterocycles. The first kappa shape index (κ1) is 18.8. The van der Waals surface area contributed by atoms with Crippen LogP contribution in [0.4, 0.5) is 0 Å². The molecule has 0 spiro atoms. The van der Waals surface area contributed by atoms with E-state index in [0.29, 0.717) is 18.2 Å². The molecule has 132 valence electrons. The molecule has 0 aromatic heterocycles. The zero-order chi connectivity index (χ0) is 18.1. The Labute approximate surface area is 151 Å². The average molecular weight is 362 g/mol. The van der Waals surface area contributed by atoms with Gasteiger partial charge in [0.2, 0.25) is 5.91 Å². The molecule has 0 unspecified atom stereocenters. The second-order valence-corrected chi connectivity index (χ2v) is 5.97. The van der Waals surface area contributed by atoms with Crippen LogP contribution in [-0.2, 0) is 11.2 Å². The molecule has 25 heavy (non-hydrogen) atoms. The Kier molecular flexibility index (Phi) is 7.29. The fourth-order valence-electron chi connectivity index (χ4n) is 2.19. The fourth-order valence-corrected chi connectivity index (χ4v) is 2.31. The molecule has 2 aromatic carbocycles. The normalized spacial score (nSPS) is 10.3. The van der Waals surface area contributed by atoms with E-state index >= 15 is 0 Å². The molecule has 1 amide bonds. The predicted molar refractivity (Wildman–Crippen MR) is 96.3 cm³/mol. The number of carbonyl (C=O) groups is 2. The highest BCUT2D eigenvalue weighted by Crippen LogP contribution is 2.15. The van der Waals surface area contributed by atoms with Crippen molar-refractivity contribution >= 4 is 23.5 Å². The van der Waals surface area contributed by atoms with E-state index in [9.17, 15) is 9.59 Å². The highest BCUT2D eigenvalue weighted by molar-refractivity contribution is 6.30. The number of unbranched alkanes of at least 4 members (excludes halogenated alkanes) is 1. The van der Waals surface area contributed by atoms with Crippen LogP contribution < -0.4 is 10.1 Å². The predicted octanol–water partition coefficient (Wildman–Crippen LogP) is 3.56.